The van der Waals surface area contributed by atoms with Crippen LogP contribution < -0.4 is 83.1 Å². The molecule has 0 unspecified atom stereocenters. The number of nitrogens with one attached hydrogen (secondary N) is 8. The van der Waals surface area contributed by atoms with E-state index in [1.807, 2.05) is 0 Å². The Hall–Kier alpha value is -6.79. The second kappa shape index (κ2) is 34.0. The molecule has 0 bridgehead atoms. The number of hydrogen-bond acceptors (Lipinski definition) is 17. The Bertz CT molecular complexity index is 2120. The average molecular weight is 1070 g/mol. The van der Waals surface area contributed by atoms with E-state index in [2.05, 4.69) is 52.2 Å². The minimum absolute atomic E-state index is 0.0647. The minimum atomic E-state index is -1.55. The second-order valence-electron chi connectivity index (χ2n) is 18.9. The normalized spacial score (nSPS) is 17.4. The molecule has 0 spiro atoms. The summed E-state index contributed by atoms with van der Waals surface area (Å²) in [6, 6.07) is -8.55. The third-order valence-electron chi connectivity index (χ3n) is 13.0. The van der Waals surface area contributed by atoms with Crippen LogP contribution in [0.3, 0.4) is 0 Å². The van der Waals surface area contributed by atoms with Crippen LogP contribution >= 0.6 is 0 Å². The van der Waals surface area contributed by atoms with E-state index in [4.69, 9.17) is 45.9 Å². The van der Waals surface area contributed by atoms with Crippen LogP contribution in [0.5, 0.6) is 0 Å². The van der Waals surface area contributed by atoms with Gasteiger partial charge in [-0.1, -0.05) is 25.3 Å². The van der Waals surface area contributed by atoms with Crippen LogP contribution in [-0.4, -0.2) is 173 Å². The number of amides is 9. The number of primary amides is 1. The zero-order valence-electron chi connectivity index (χ0n) is 43.3. The number of imidazole rings is 1. The van der Waals surface area contributed by atoms with Crippen molar-refractivity contribution in [1.29, 1.82) is 0 Å². The zero-order chi connectivity index (χ0) is 56.2. The Kier molecular flexibility index (Phi) is 28.4. The number of carbonyl (C=O) groups excluding carboxylic acids is 9. The third-order valence-corrected chi connectivity index (χ3v) is 13.0. The van der Waals surface area contributed by atoms with Crippen molar-refractivity contribution in [1.82, 2.24) is 52.1 Å². The number of guanidine groups is 1. The Balaban J connectivity index is 1.76. The highest BCUT2D eigenvalue weighted by Gasteiger charge is 2.40. The molecule has 1 saturated carbocycles. The molecule has 3 rings (SSSR count). The van der Waals surface area contributed by atoms with Gasteiger partial charge in [-0.3, -0.25) is 48.1 Å². The number of aromatic amines is 1. The molecular formula is C47H83N19O10. The number of aliphatic hydroxyl groups excluding tert-OH is 1. The Morgan fingerprint density at radius 3 is 2.04 bits per heavy atom. The summed E-state index contributed by atoms with van der Waals surface area (Å²) in [6.07, 6.45) is 8.74. The standard InChI is InChI=1S/C47H83N19O10/c48-17-5-3-12-29(52)40(70)65-38(35(67)23-51)45(75)64-37(27-10-1-2-11-27)44(74)58-25-36(68)60-32(14-7-19-50)46(76)66-21-9-16-34(66)43(73)63-33(22-28-24-56-26-59-28)42(72)62-31(13-4-6-18-49)41(71)61-30(39(53)69)15-8-20-57-47(54)55/h15,24,26-27,29,31-35,37-38,67H,1-14,16-23,25,48-52H2,(H2,53,69)(H,56,59)(H,58,74)(H,60,68)(H,61,71)(H,62,72)(H,63,73)(H,64,75)(H,65,70)(H4,54,55,57)/b30-15-/t29-,31-,32+,33-,34-,35-,37-,38-/m0/s1. The molecule has 29 nitrogen and oxygen atoms in total. The van der Waals surface area contributed by atoms with Crippen molar-refractivity contribution in [2.75, 3.05) is 45.8 Å². The number of likely N-dealkylation sites (tertiary alicyclic amines) is 1. The molecule has 2 aliphatic rings. The number of H-pyrrole nitrogens is 1. The van der Waals surface area contributed by atoms with E-state index in [1.165, 1.54) is 23.5 Å². The molecular weight excluding hydrogens is 991 g/mol. The topological polar surface area (TPSA) is 511 Å². The van der Waals surface area contributed by atoms with E-state index in [9.17, 15) is 48.3 Å². The predicted molar refractivity (Wildman–Crippen MR) is 279 cm³/mol. The molecule has 29 heteroatoms. The summed E-state index contributed by atoms with van der Waals surface area (Å²) in [5.74, 6) is -7.40. The van der Waals surface area contributed by atoms with E-state index in [1.54, 1.807) is 0 Å². The van der Waals surface area contributed by atoms with E-state index in [0.29, 0.717) is 63.7 Å². The van der Waals surface area contributed by atoms with Gasteiger partial charge in [0.2, 0.25) is 47.3 Å². The summed E-state index contributed by atoms with van der Waals surface area (Å²) in [6.45, 7) is 0.0554. The van der Waals surface area contributed by atoms with Gasteiger partial charge in [0.1, 0.15) is 41.9 Å². The van der Waals surface area contributed by atoms with Gasteiger partial charge in [0.15, 0.2) is 5.96 Å². The quantitative estimate of drug-likeness (QED) is 0.0130. The maximum atomic E-state index is 14.3. The van der Waals surface area contributed by atoms with E-state index in [-0.39, 0.29) is 82.2 Å². The van der Waals surface area contributed by atoms with E-state index in [0.717, 1.165) is 12.8 Å². The number of rotatable bonds is 35. The molecule has 0 aromatic carbocycles. The average Bonchev–Trinajstić information content (AvgIpc) is 4.23. The first-order chi connectivity index (χ1) is 36.3. The number of unbranched alkanes of at least 4 members (excludes halogenated alkanes) is 2. The molecule has 1 aromatic rings. The SMILES string of the molecule is NCCCC[C@H](NC(=O)[C@H](Cc1cnc[nH]1)NC(=O)[C@@H]1CCCN1C(=O)[C@@H](CCCN)NC(=O)CNC(=O)[C@@H](NC(=O)[C@@H](NC(=O)[C@@H](N)CCCCN)[C@@H](O)CN)C1CCCC1)C(=O)N/C(=C\CCN=C(N)N)C(N)=O. The summed E-state index contributed by atoms with van der Waals surface area (Å²) in [5.41, 5.74) is 45.2. The van der Waals surface area contributed by atoms with Crippen molar-refractivity contribution in [3.8, 4) is 0 Å². The van der Waals surface area contributed by atoms with Crippen molar-refractivity contribution >= 4 is 59.1 Å². The Labute approximate surface area is 442 Å². The molecule has 25 N–H and O–H groups in total. The summed E-state index contributed by atoms with van der Waals surface area (Å²) in [5, 5.41) is 28.9. The van der Waals surface area contributed by atoms with Crippen molar-refractivity contribution < 1.29 is 48.3 Å². The summed E-state index contributed by atoms with van der Waals surface area (Å²) >= 11 is 0. The number of carbonyl (C=O) groups is 9. The fourth-order valence-corrected chi connectivity index (χ4v) is 8.87. The zero-order valence-corrected chi connectivity index (χ0v) is 43.3. The fourth-order valence-electron chi connectivity index (χ4n) is 8.87. The third kappa shape index (κ3) is 21.4. The van der Waals surface area contributed by atoms with Gasteiger partial charge in [-0.15, -0.1) is 0 Å². The fraction of sp³-hybridized carbons (Fsp3) is 0.681. The number of aromatic nitrogens is 2. The Morgan fingerprint density at radius 2 is 1.42 bits per heavy atom. The van der Waals surface area contributed by atoms with Gasteiger partial charge in [-0.2, -0.15) is 0 Å². The van der Waals surface area contributed by atoms with Gasteiger partial charge in [0.25, 0.3) is 5.91 Å². The van der Waals surface area contributed by atoms with Crippen molar-refractivity contribution in [3.63, 3.8) is 0 Å². The van der Waals surface area contributed by atoms with Crippen LogP contribution in [0.15, 0.2) is 29.3 Å². The van der Waals surface area contributed by atoms with Crippen LogP contribution in [0.2, 0.25) is 0 Å². The van der Waals surface area contributed by atoms with Crippen LogP contribution in [0, 0.1) is 5.92 Å². The van der Waals surface area contributed by atoms with Crippen molar-refractivity contribution in [2.45, 2.75) is 151 Å². The first-order valence-electron chi connectivity index (χ1n) is 26.0. The van der Waals surface area contributed by atoms with Crippen molar-refractivity contribution in [2.24, 2.45) is 56.8 Å². The van der Waals surface area contributed by atoms with Crippen LogP contribution in [0.25, 0.3) is 0 Å². The predicted octanol–water partition coefficient (Wildman–Crippen LogP) is -6.53. The van der Waals surface area contributed by atoms with E-state index < -0.39 is 115 Å². The number of aliphatic imine (C=N–C) groups is 1. The Morgan fingerprint density at radius 1 is 0.750 bits per heavy atom. The molecule has 426 valence electrons. The molecule has 9 amide bonds. The first-order valence-corrected chi connectivity index (χ1v) is 26.0. The molecule has 1 aromatic heterocycles. The van der Waals surface area contributed by atoms with Crippen molar-refractivity contribution in [3.05, 3.63) is 30.0 Å². The molecule has 1 aliphatic carbocycles. The molecule has 2 fully saturated rings. The molecule has 0 radical (unpaired) electrons. The number of nitrogens with two attached hydrogens (primary N) is 8. The number of hydrogen-bond donors (Lipinski definition) is 17. The molecule has 76 heavy (non-hydrogen) atoms. The molecule has 8 atom stereocenters. The van der Waals surface area contributed by atoms with Gasteiger partial charge in [0.05, 0.1) is 25.0 Å². The van der Waals surface area contributed by atoms with Gasteiger partial charge < -0.3 is 98.1 Å². The van der Waals surface area contributed by atoms with E-state index >= 15 is 0 Å². The second-order valence-corrected chi connectivity index (χ2v) is 18.9. The van der Waals surface area contributed by atoms with Crippen LogP contribution in [0.4, 0.5) is 0 Å². The summed E-state index contributed by atoms with van der Waals surface area (Å²) in [7, 11) is 0. The van der Waals surface area contributed by atoms with Crippen LogP contribution in [-0.2, 0) is 49.6 Å². The van der Waals surface area contributed by atoms with Gasteiger partial charge in [-0.25, -0.2) is 4.98 Å². The maximum absolute atomic E-state index is 14.3. The molecule has 1 saturated heterocycles. The van der Waals surface area contributed by atoms with Gasteiger partial charge in [0, 0.05) is 37.9 Å². The first kappa shape index (κ1) is 63.5. The minimum Gasteiger partial charge on any atom is -0.389 e. The lowest BCUT2D eigenvalue weighted by atomic mass is 9.96. The van der Waals surface area contributed by atoms with Gasteiger partial charge >= 0.3 is 0 Å². The largest absolute Gasteiger partial charge is 0.389 e. The highest BCUT2D eigenvalue weighted by Crippen LogP contribution is 2.28. The smallest absolute Gasteiger partial charge is 0.264 e. The number of nitrogens with zero attached hydrogens (tertiary/aromatic N) is 3. The maximum Gasteiger partial charge on any atom is 0.264 e. The monoisotopic (exact) mass is 1070 g/mol. The highest BCUT2D eigenvalue weighted by molar-refractivity contribution is 6.00. The highest BCUT2D eigenvalue weighted by atomic mass is 16.3. The van der Waals surface area contributed by atoms with Gasteiger partial charge in [-0.05, 0) is 103 Å². The van der Waals surface area contributed by atoms with Crippen LogP contribution in [0.1, 0.15) is 102 Å². The lowest BCUT2D eigenvalue weighted by molar-refractivity contribution is -0.142. The number of aliphatic hydroxyl groups is 1. The molecule has 1 aliphatic heterocycles. The summed E-state index contributed by atoms with van der Waals surface area (Å²) in [4.78, 5) is 135. The lowest BCUT2D eigenvalue weighted by Crippen LogP contribution is -2.62. The lowest BCUT2D eigenvalue weighted by Gasteiger charge is -2.30. The molecule has 2 heterocycles. The summed E-state index contributed by atoms with van der Waals surface area (Å²) < 4.78 is 0.